The molecule has 3 rings (SSSR count). The Bertz CT molecular complexity index is 790. The molecule has 0 saturated heterocycles. The third-order valence-electron chi connectivity index (χ3n) is 3.39. The minimum absolute atomic E-state index is 0.0729. The normalized spacial score (nSPS) is 10.8. The lowest BCUT2D eigenvalue weighted by Gasteiger charge is -2.08. The summed E-state index contributed by atoms with van der Waals surface area (Å²) in [5.41, 5.74) is 2.85. The van der Waals surface area contributed by atoms with Crippen LogP contribution in [0.15, 0.2) is 54.7 Å². The number of rotatable bonds is 3. The highest BCUT2D eigenvalue weighted by atomic mass is 35.5. The van der Waals surface area contributed by atoms with E-state index in [4.69, 9.17) is 11.6 Å². The summed E-state index contributed by atoms with van der Waals surface area (Å²) in [7, 11) is 0. The number of hydrogen-bond donors (Lipinski definition) is 1. The highest BCUT2D eigenvalue weighted by Crippen LogP contribution is 2.24. The number of nitrogens with zero attached hydrogens (tertiary/aromatic N) is 1. The smallest absolute Gasteiger partial charge is 0.244 e. The zero-order valence-electron chi connectivity index (χ0n) is 11.6. The molecule has 2 aromatic carbocycles. The molecule has 0 bridgehead atoms. The first-order chi connectivity index (χ1) is 10.1. The number of benzene rings is 2. The van der Waals surface area contributed by atoms with Gasteiger partial charge in [0.15, 0.2) is 0 Å². The molecule has 1 heterocycles. The monoisotopic (exact) mass is 298 g/mol. The molecule has 3 nitrogen and oxygen atoms in total. The van der Waals surface area contributed by atoms with E-state index in [1.165, 1.54) is 0 Å². The Morgan fingerprint density at radius 3 is 2.67 bits per heavy atom. The Hall–Kier alpha value is -2.26. The number of aromatic nitrogens is 1. The molecular weight excluding hydrogens is 284 g/mol. The van der Waals surface area contributed by atoms with Gasteiger partial charge >= 0.3 is 0 Å². The molecule has 21 heavy (non-hydrogen) atoms. The van der Waals surface area contributed by atoms with E-state index in [1.54, 1.807) is 0 Å². The van der Waals surface area contributed by atoms with Crippen molar-refractivity contribution in [2.45, 2.75) is 13.5 Å². The number of fused-ring (bicyclic) bond motifs is 1. The Kier molecular flexibility index (Phi) is 3.67. The fraction of sp³-hybridized carbons (Fsp3) is 0.118. The lowest BCUT2D eigenvalue weighted by atomic mass is 10.2. The van der Waals surface area contributed by atoms with Gasteiger partial charge < -0.3 is 9.88 Å². The van der Waals surface area contributed by atoms with Crippen molar-refractivity contribution in [1.29, 1.82) is 0 Å². The molecule has 0 unspecified atom stereocenters. The van der Waals surface area contributed by atoms with E-state index < -0.39 is 0 Å². The summed E-state index contributed by atoms with van der Waals surface area (Å²) in [4.78, 5) is 12.1. The third kappa shape index (κ3) is 2.93. The third-order valence-corrected chi connectivity index (χ3v) is 3.69. The Morgan fingerprint density at radius 1 is 1.14 bits per heavy atom. The van der Waals surface area contributed by atoms with Crippen molar-refractivity contribution in [1.82, 2.24) is 4.57 Å². The van der Waals surface area contributed by atoms with Gasteiger partial charge in [0, 0.05) is 17.3 Å². The van der Waals surface area contributed by atoms with Crippen LogP contribution in [0.5, 0.6) is 0 Å². The summed E-state index contributed by atoms with van der Waals surface area (Å²) in [6.45, 7) is 2.25. The average Bonchev–Trinajstić information content (AvgIpc) is 2.86. The maximum absolute atomic E-state index is 12.1. The molecule has 0 spiro atoms. The topological polar surface area (TPSA) is 34.0 Å². The van der Waals surface area contributed by atoms with Crippen molar-refractivity contribution in [3.8, 4) is 0 Å². The predicted molar refractivity (Wildman–Crippen MR) is 86.8 cm³/mol. The second-order valence-corrected chi connectivity index (χ2v) is 5.44. The summed E-state index contributed by atoms with van der Waals surface area (Å²) < 4.78 is 1.86. The van der Waals surface area contributed by atoms with E-state index in [0.29, 0.717) is 5.02 Å². The van der Waals surface area contributed by atoms with Crippen LogP contribution < -0.4 is 5.32 Å². The number of amides is 1. The van der Waals surface area contributed by atoms with E-state index in [1.807, 2.05) is 66.2 Å². The molecule has 0 aliphatic heterocycles. The van der Waals surface area contributed by atoms with Gasteiger partial charge in [-0.15, -0.1) is 0 Å². The van der Waals surface area contributed by atoms with Crippen molar-refractivity contribution in [2.75, 3.05) is 5.32 Å². The lowest BCUT2D eigenvalue weighted by molar-refractivity contribution is -0.116. The largest absolute Gasteiger partial charge is 0.337 e. The van der Waals surface area contributed by atoms with Crippen LogP contribution in [0.1, 0.15) is 5.56 Å². The maximum atomic E-state index is 12.1. The van der Waals surface area contributed by atoms with E-state index in [-0.39, 0.29) is 12.5 Å². The van der Waals surface area contributed by atoms with Gasteiger partial charge in [0.25, 0.3) is 0 Å². The number of nitrogens with one attached hydrogen (secondary N) is 1. The predicted octanol–water partition coefficient (Wildman–Crippen LogP) is 4.24. The van der Waals surface area contributed by atoms with Crippen molar-refractivity contribution in [3.63, 3.8) is 0 Å². The molecule has 3 aromatic rings. The molecule has 0 fully saturated rings. The number of anilines is 1. The van der Waals surface area contributed by atoms with Crippen LogP contribution in [0.3, 0.4) is 0 Å². The fourth-order valence-electron chi connectivity index (χ4n) is 2.34. The molecule has 106 valence electrons. The van der Waals surface area contributed by atoms with Crippen LogP contribution in [-0.4, -0.2) is 10.5 Å². The molecule has 1 aromatic heterocycles. The number of carbonyl (C=O) groups excluding carboxylic acids is 1. The van der Waals surface area contributed by atoms with Crippen molar-refractivity contribution in [2.24, 2.45) is 0 Å². The second kappa shape index (κ2) is 5.62. The first-order valence-corrected chi connectivity index (χ1v) is 7.11. The van der Waals surface area contributed by atoms with Gasteiger partial charge in [-0.05, 0) is 31.2 Å². The summed E-state index contributed by atoms with van der Waals surface area (Å²) in [5, 5.41) is 4.58. The summed E-state index contributed by atoms with van der Waals surface area (Å²) >= 11 is 6.21. The molecular formula is C17H15ClN2O. The first kappa shape index (κ1) is 13.7. The summed E-state index contributed by atoms with van der Waals surface area (Å²) in [6.07, 6.45) is 1.88. The van der Waals surface area contributed by atoms with E-state index in [0.717, 1.165) is 22.2 Å². The van der Waals surface area contributed by atoms with Crippen LogP contribution in [-0.2, 0) is 11.3 Å². The summed E-state index contributed by atoms with van der Waals surface area (Å²) in [5.74, 6) is -0.0729. The zero-order chi connectivity index (χ0) is 14.8. The van der Waals surface area contributed by atoms with E-state index in [2.05, 4.69) is 5.32 Å². The van der Waals surface area contributed by atoms with Crippen molar-refractivity contribution < 1.29 is 4.79 Å². The number of aryl methyl sites for hydroxylation is 1. The van der Waals surface area contributed by atoms with Crippen LogP contribution in [0.2, 0.25) is 5.02 Å². The van der Waals surface area contributed by atoms with Crippen molar-refractivity contribution in [3.05, 3.63) is 65.3 Å². The van der Waals surface area contributed by atoms with Crippen LogP contribution >= 0.6 is 11.6 Å². The van der Waals surface area contributed by atoms with Crippen molar-refractivity contribution >= 4 is 34.1 Å². The fourth-order valence-corrected chi connectivity index (χ4v) is 2.63. The molecule has 0 aliphatic rings. The van der Waals surface area contributed by atoms with Gasteiger partial charge in [-0.2, -0.15) is 0 Å². The molecule has 0 atom stereocenters. The quantitative estimate of drug-likeness (QED) is 0.771. The highest BCUT2D eigenvalue weighted by molar-refractivity contribution is 6.35. The number of carbonyl (C=O) groups is 1. The Labute approximate surface area is 128 Å². The highest BCUT2D eigenvalue weighted by Gasteiger charge is 2.09. The maximum Gasteiger partial charge on any atom is 0.244 e. The van der Waals surface area contributed by atoms with Crippen LogP contribution in [0.25, 0.3) is 10.9 Å². The van der Waals surface area contributed by atoms with Gasteiger partial charge in [0.2, 0.25) is 5.91 Å². The molecule has 0 aliphatic carbocycles. The minimum atomic E-state index is -0.0729. The van der Waals surface area contributed by atoms with Crippen LogP contribution in [0.4, 0.5) is 5.69 Å². The number of hydrogen-bond acceptors (Lipinski definition) is 1. The van der Waals surface area contributed by atoms with Gasteiger partial charge in [-0.25, -0.2) is 0 Å². The Morgan fingerprint density at radius 2 is 1.90 bits per heavy atom. The van der Waals surface area contributed by atoms with Gasteiger partial charge in [0.1, 0.15) is 6.54 Å². The average molecular weight is 299 g/mol. The standard InChI is InChI=1S/C17H15ClN2O/c1-12-5-7-14(8-6-12)19-16(21)11-20-10-9-13-3-2-4-15(18)17(13)20/h2-10H,11H2,1H3,(H,19,21). The Balaban J connectivity index is 1.79. The van der Waals surface area contributed by atoms with Gasteiger partial charge in [-0.1, -0.05) is 41.4 Å². The van der Waals surface area contributed by atoms with E-state index in [9.17, 15) is 4.79 Å². The molecule has 0 saturated carbocycles. The second-order valence-electron chi connectivity index (χ2n) is 5.04. The van der Waals surface area contributed by atoms with Gasteiger partial charge in [0.05, 0.1) is 10.5 Å². The molecule has 0 radical (unpaired) electrons. The van der Waals surface area contributed by atoms with Gasteiger partial charge in [-0.3, -0.25) is 4.79 Å². The zero-order valence-corrected chi connectivity index (χ0v) is 12.4. The lowest BCUT2D eigenvalue weighted by Crippen LogP contribution is -2.18. The molecule has 4 heteroatoms. The van der Waals surface area contributed by atoms with E-state index >= 15 is 0 Å². The number of halogens is 1. The first-order valence-electron chi connectivity index (χ1n) is 6.73. The minimum Gasteiger partial charge on any atom is -0.337 e. The summed E-state index contributed by atoms with van der Waals surface area (Å²) in [6, 6.07) is 15.4. The molecule has 1 N–H and O–H groups in total. The van der Waals surface area contributed by atoms with Crippen LogP contribution in [0, 0.1) is 6.92 Å². The number of para-hydroxylation sites is 1. The SMILES string of the molecule is Cc1ccc(NC(=O)Cn2ccc3cccc(Cl)c32)cc1. The molecule has 1 amide bonds.